The Morgan fingerprint density at radius 3 is 2.71 bits per heavy atom. The van der Waals surface area contributed by atoms with Crippen LogP contribution in [0.15, 0.2) is 24.3 Å². The average molecular weight is 255 g/mol. The number of nitrogens with one attached hydrogen (secondary N) is 1. The zero-order valence-corrected chi connectivity index (χ0v) is 10.8. The van der Waals surface area contributed by atoms with Gasteiger partial charge in [0.15, 0.2) is 0 Å². The molecule has 3 nitrogen and oxygen atoms in total. The van der Waals surface area contributed by atoms with Crippen LogP contribution in [0.5, 0.6) is 0 Å². The van der Waals surface area contributed by atoms with Gasteiger partial charge in [0.2, 0.25) is 0 Å². The van der Waals surface area contributed by atoms with E-state index in [1.807, 2.05) is 31.2 Å². The summed E-state index contributed by atoms with van der Waals surface area (Å²) in [7, 11) is 0. The quantitative estimate of drug-likeness (QED) is 0.606. The van der Waals surface area contributed by atoms with Crippen LogP contribution >= 0.6 is 11.6 Å². The highest BCUT2D eigenvalue weighted by Gasteiger charge is 2.38. The summed E-state index contributed by atoms with van der Waals surface area (Å²) in [4.78, 5) is 0. The Hall–Kier alpha value is -0.610. The molecule has 2 atom stereocenters. The third-order valence-corrected chi connectivity index (χ3v) is 3.54. The van der Waals surface area contributed by atoms with E-state index in [1.54, 1.807) is 0 Å². The first-order chi connectivity index (χ1) is 8.27. The number of hydrogen-bond acceptors (Lipinski definition) is 3. The van der Waals surface area contributed by atoms with Gasteiger partial charge in [0.1, 0.15) is 0 Å². The van der Waals surface area contributed by atoms with Gasteiger partial charge in [-0.2, -0.15) is 0 Å². The van der Waals surface area contributed by atoms with Crippen molar-refractivity contribution in [3.05, 3.63) is 34.9 Å². The average Bonchev–Trinajstić information content (AvgIpc) is 3.15. The molecule has 4 heteroatoms. The van der Waals surface area contributed by atoms with E-state index >= 15 is 0 Å². The Morgan fingerprint density at radius 2 is 2.18 bits per heavy atom. The van der Waals surface area contributed by atoms with Crippen LogP contribution in [-0.2, 0) is 4.74 Å². The van der Waals surface area contributed by atoms with E-state index in [4.69, 9.17) is 22.2 Å². The normalized spacial score (nSPS) is 19.0. The van der Waals surface area contributed by atoms with Gasteiger partial charge in [-0.15, -0.1) is 0 Å². The minimum atomic E-state index is -0.0313. The lowest BCUT2D eigenvalue weighted by Crippen LogP contribution is -2.39. The molecule has 1 aliphatic rings. The van der Waals surface area contributed by atoms with Crippen LogP contribution in [0.1, 0.15) is 31.4 Å². The highest BCUT2D eigenvalue weighted by atomic mass is 35.5. The van der Waals surface area contributed by atoms with Gasteiger partial charge in [0.05, 0.1) is 12.1 Å². The van der Waals surface area contributed by atoms with Crippen LogP contribution in [-0.4, -0.2) is 12.7 Å². The van der Waals surface area contributed by atoms with E-state index in [0.717, 1.165) is 10.6 Å². The van der Waals surface area contributed by atoms with Crippen LogP contribution in [0.3, 0.4) is 0 Å². The molecule has 0 aliphatic heterocycles. The molecule has 2 unspecified atom stereocenters. The molecule has 17 heavy (non-hydrogen) atoms. The van der Waals surface area contributed by atoms with Crippen LogP contribution in [0.4, 0.5) is 0 Å². The first kappa shape index (κ1) is 12.8. The van der Waals surface area contributed by atoms with Crippen molar-refractivity contribution >= 4 is 11.6 Å². The standard InChI is InChI=1S/C13H19ClN2O/c1-2-17-13(9-7-8-9)12(16-15)10-5-3-4-6-11(10)14/h3-6,9,12-13,16H,2,7-8,15H2,1H3. The lowest BCUT2D eigenvalue weighted by molar-refractivity contribution is 0.0185. The van der Waals surface area contributed by atoms with Gasteiger partial charge in [0.25, 0.3) is 0 Å². The van der Waals surface area contributed by atoms with Crippen molar-refractivity contribution < 1.29 is 4.74 Å². The smallest absolute Gasteiger partial charge is 0.0811 e. The predicted octanol–water partition coefficient (Wildman–Crippen LogP) is 2.66. The minimum Gasteiger partial charge on any atom is -0.376 e. The van der Waals surface area contributed by atoms with Gasteiger partial charge in [-0.25, -0.2) is 0 Å². The van der Waals surface area contributed by atoms with E-state index in [1.165, 1.54) is 12.8 Å². The molecular weight excluding hydrogens is 236 g/mol. The number of hydrazine groups is 1. The molecule has 2 rings (SSSR count). The monoisotopic (exact) mass is 254 g/mol. The summed E-state index contributed by atoms with van der Waals surface area (Å²) in [6, 6.07) is 7.75. The molecule has 0 saturated heterocycles. The molecule has 1 aromatic carbocycles. The molecule has 1 aliphatic carbocycles. The van der Waals surface area contributed by atoms with E-state index in [-0.39, 0.29) is 12.1 Å². The molecule has 0 spiro atoms. The summed E-state index contributed by atoms with van der Waals surface area (Å²) in [6.45, 7) is 2.71. The highest BCUT2D eigenvalue weighted by molar-refractivity contribution is 6.31. The molecule has 0 bridgehead atoms. The maximum absolute atomic E-state index is 6.22. The third kappa shape index (κ3) is 2.99. The van der Waals surface area contributed by atoms with Crippen molar-refractivity contribution in [3.63, 3.8) is 0 Å². The van der Waals surface area contributed by atoms with Crippen LogP contribution in [0.2, 0.25) is 5.02 Å². The van der Waals surface area contributed by atoms with E-state index < -0.39 is 0 Å². The zero-order chi connectivity index (χ0) is 12.3. The van der Waals surface area contributed by atoms with Gasteiger partial charge in [-0.05, 0) is 37.3 Å². The number of ether oxygens (including phenoxy) is 1. The van der Waals surface area contributed by atoms with Crippen molar-refractivity contribution in [3.8, 4) is 0 Å². The first-order valence-electron chi connectivity index (χ1n) is 6.10. The fourth-order valence-electron chi connectivity index (χ4n) is 2.21. The van der Waals surface area contributed by atoms with E-state index in [9.17, 15) is 0 Å². The van der Waals surface area contributed by atoms with Crippen LogP contribution < -0.4 is 11.3 Å². The van der Waals surface area contributed by atoms with Crippen molar-refractivity contribution in [2.24, 2.45) is 11.8 Å². The SMILES string of the molecule is CCOC(C1CC1)C(NN)c1ccccc1Cl. The summed E-state index contributed by atoms with van der Waals surface area (Å²) < 4.78 is 5.83. The molecule has 0 heterocycles. The molecule has 3 N–H and O–H groups in total. The molecule has 1 fully saturated rings. The number of rotatable bonds is 6. The fourth-order valence-corrected chi connectivity index (χ4v) is 2.46. The van der Waals surface area contributed by atoms with Crippen molar-refractivity contribution in [2.45, 2.75) is 31.9 Å². The summed E-state index contributed by atoms with van der Waals surface area (Å²) in [6.07, 6.45) is 2.55. The van der Waals surface area contributed by atoms with Crippen molar-refractivity contribution in [2.75, 3.05) is 6.61 Å². The van der Waals surface area contributed by atoms with Crippen LogP contribution in [0, 0.1) is 5.92 Å². The molecule has 1 aromatic rings. The maximum atomic E-state index is 6.22. The Bertz CT molecular complexity index is 368. The highest BCUT2D eigenvalue weighted by Crippen LogP contribution is 2.41. The summed E-state index contributed by atoms with van der Waals surface area (Å²) in [5.41, 5.74) is 3.87. The number of benzene rings is 1. The second-order valence-electron chi connectivity index (χ2n) is 4.42. The Kier molecular flexibility index (Phi) is 4.40. The van der Waals surface area contributed by atoms with E-state index in [0.29, 0.717) is 12.5 Å². The second-order valence-corrected chi connectivity index (χ2v) is 4.83. The zero-order valence-electron chi connectivity index (χ0n) is 10.0. The lowest BCUT2D eigenvalue weighted by atomic mass is 9.98. The lowest BCUT2D eigenvalue weighted by Gasteiger charge is -2.27. The molecule has 0 amide bonds. The topological polar surface area (TPSA) is 47.3 Å². The summed E-state index contributed by atoms with van der Waals surface area (Å²) in [5.74, 6) is 6.29. The summed E-state index contributed by atoms with van der Waals surface area (Å²) >= 11 is 6.22. The summed E-state index contributed by atoms with van der Waals surface area (Å²) in [5, 5.41) is 0.737. The number of nitrogens with two attached hydrogens (primary N) is 1. The predicted molar refractivity (Wildman–Crippen MR) is 69.7 cm³/mol. The minimum absolute atomic E-state index is 0.0313. The van der Waals surface area contributed by atoms with Crippen molar-refractivity contribution in [1.82, 2.24) is 5.43 Å². The molecule has 94 valence electrons. The largest absolute Gasteiger partial charge is 0.376 e. The van der Waals surface area contributed by atoms with Crippen LogP contribution in [0.25, 0.3) is 0 Å². The third-order valence-electron chi connectivity index (χ3n) is 3.19. The molecule has 1 saturated carbocycles. The molecular formula is C13H19ClN2O. The second kappa shape index (κ2) is 5.83. The van der Waals surface area contributed by atoms with Gasteiger partial charge in [-0.1, -0.05) is 29.8 Å². The number of halogens is 1. The van der Waals surface area contributed by atoms with Gasteiger partial charge in [0, 0.05) is 11.6 Å². The van der Waals surface area contributed by atoms with Gasteiger partial charge < -0.3 is 4.74 Å². The Morgan fingerprint density at radius 1 is 1.47 bits per heavy atom. The van der Waals surface area contributed by atoms with E-state index in [2.05, 4.69) is 5.43 Å². The van der Waals surface area contributed by atoms with Gasteiger partial charge in [-0.3, -0.25) is 11.3 Å². The Balaban J connectivity index is 2.21. The Labute approximate surface area is 107 Å². The fraction of sp³-hybridized carbons (Fsp3) is 0.538. The van der Waals surface area contributed by atoms with Gasteiger partial charge >= 0.3 is 0 Å². The maximum Gasteiger partial charge on any atom is 0.0811 e. The number of hydrogen-bond donors (Lipinski definition) is 2. The van der Waals surface area contributed by atoms with Crippen molar-refractivity contribution in [1.29, 1.82) is 0 Å². The molecule has 0 aromatic heterocycles. The molecule has 0 radical (unpaired) electrons. The first-order valence-corrected chi connectivity index (χ1v) is 6.47.